The van der Waals surface area contributed by atoms with Gasteiger partial charge in [-0.05, 0) is 74.5 Å². The van der Waals surface area contributed by atoms with Crippen molar-refractivity contribution in [1.82, 2.24) is 0 Å². The Morgan fingerprint density at radius 1 is 0.839 bits per heavy atom. The first-order chi connectivity index (χ1) is 14.7. The van der Waals surface area contributed by atoms with Crippen molar-refractivity contribution >= 4 is 21.5 Å². The van der Waals surface area contributed by atoms with Crippen molar-refractivity contribution in [1.29, 1.82) is 0 Å². The molecule has 0 unspecified atom stereocenters. The molecule has 0 bridgehead atoms. The molecule has 0 saturated heterocycles. The standard InChI is InChI=1S/C22H19NO7S/c1-15(2)29-18-7-11-20(12-8-18)31(27,28)21-13-9-19(10-14-21)30-22(24)16-3-5-17(6-4-16)23(25)26/h3-15H,1-2H3. The van der Waals surface area contributed by atoms with Gasteiger partial charge in [0.05, 0.1) is 26.4 Å². The van der Waals surface area contributed by atoms with E-state index in [2.05, 4.69) is 0 Å². The van der Waals surface area contributed by atoms with Gasteiger partial charge in [0.1, 0.15) is 11.5 Å². The summed E-state index contributed by atoms with van der Waals surface area (Å²) in [6.07, 6.45) is -0.0243. The molecule has 0 aromatic heterocycles. The Kier molecular flexibility index (Phi) is 6.36. The van der Waals surface area contributed by atoms with Gasteiger partial charge in [0, 0.05) is 12.1 Å². The van der Waals surface area contributed by atoms with Gasteiger partial charge in [0.25, 0.3) is 5.69 Å². The van der Waals surface area contributed by atoms with Crippen molar-refractivity contribution in [2.75, 3.05) is 0 Å². The molecule has 0 saturated carbocycles. The SMILES string of the molecule is CC(C)Oc1ccc(S(=O)(=O)c2ccc(OC(=O)c3ccc([N+](=O)[O-])cc3)cc2)cc1. The highest BCUT2D eigenvalue weighted by molar-refractivity contribution is 7.91. The van der Waals surface area contributed by atoms with E-state index >= 15 is 0 Å². The number of esters is 1. The van der Waals surface area contributed by atoms with Crippen LogP contribution in [-0.2, 0) is 9.84 Å². The van der Waals surface area contributed by atoms with Gasteiger partial charge in [-0.3, -0.25) is 10.1 Å². The number of sulfone groups is 1. The number of benzene rings is 3. The van der Waals surface area contributed by atoms with Gasteiger partial charge in [-0.2, -0.15) is 0 Å². The molecule has 0 amide bonds. The molecule has 0 aliphatic rings. The highest BCUT2D eigenvalue weighted by Crippen LogP contribution is 2.25. The zero-order valence-electron chi connectivity index (χ0n) is 16.7. The van der Waals surface area contributed by atoms with Crippen molar-refractivity contribution < 1.29 is 27.6 Å². The zero-order chi connectivity index (χ0) is 22.6. The van der Waals surface area contributed by atoms with Crippen molar-refractivity contribution in [3.8, 4) is 11.5 Å². The number of non-ortho nitro benzene ring substituents is 1. The largest absolute Gasteiger partial charge is 0.491 e. The third-order valence-corrected chi connectivity index (χ3v) is 5.95. The average molecular weight is 441 g/mol. The van der Waals surface area contributed by atoms with E-state index in [4.69, 9.17) is 9.47 Å². The summed E-state index contributed by atoms with van der Waals surface area (Å²) in [5.41, 5.74) is -0.0130. The second kappa shape index (κ2) is 8.97. The quantitative estimate of drug-likeness (QED) is 0.231. The van der Waals surface area contributed by atoms with Crippen molar-refractivity contribution in [3.63, 3.8) is 0 Å². The van der Waals surface area contributed by atoms with Crippen LogP contribution < -0.4 is 9.47 Å². The van der Waals surface area contributed by atoms with E-state index in [0.29, 0.717) is 5.75 Å². The second-order valence-electron chi connectivity index (χ2n) is 6.81. The highest BCUT2D eigenvalue weighted by atomic mass is 32.2. The summed E-state index contributed by atoms with van der Waals surface area (Å²) < 4.78 is 36.3. The summed E-state index contributed by atoms with van der Waals surface area (Å²) in [5.74, 6) is -0.00307. The van der Waals surface area contributed by atoms with Crippen LogP contribution in [0, 0.1) is 10.1 Å². The summed E-state index contributed by atoms with van der Waals surface area (Å²) >= 11 is 0. The van der Waals surface area contributed by atoms with Crippen LogP contribution in [0.4, 0.5) is 5.69 Å². The van der Waals surface area contributed by atoms with Gasteiger partial charge in [-0.25, -0.2) is 13.2 Å². The molecule has 3 aromatic carbocycles. The van der Waals surface area contributed by atoms with Crippen LogP contribution in [-0.4, -0.2) is 25.4 Å². The lowest BCUT2D eigenvalue weighted by Crippen LogP contribution is -2.09. The molecule has 8 nitrogen and oxygen atoms in total. The van der Waals surface area contributed by atoms with Gasteiger partial charge >= 0.3 is 5.97 Å². The number of carbonyl (C=O) groups is 1. The van der Waals surface area contributed by atoms with E-state index in [1.165, 1.54) is 60.7 Å². The van der Waals surface area contributed by atoms with E-state index in [1.54, 1.807) is 12.1 Å². The maximum Gasteiger partial charge on any atom is 0.343 e. The molecule has 0 fully saturated rings. The van der Waals surface area contributed by atoms with E-state index in [1.807, 2.05) is 13.8 Å². The van der Waals surface area contributed by atoms with E-state index in [-0.39, 0.29) is 32.9 Å². The Labute approximate surface area is 179 Å². The third kappa shape index (κ3) is 5.26. The molecule has 0 radical (unpaired) electrons. The summed E-state index contributed by atoms with van der Waals surface area (Å²) in [6.45, 7) is 3.75. The second-order valence-corrected chi connectivity index (χ2v) is 8.76. The lowest BCUT2D eigenvalue weighted by atomic mass is 10.2. The Balaban J connectivity index is 1.72. The zero-order valence-corrected chi connectivity index (χ0v) is 17.5. The lowest BCUT2D eigenvalue weighted by Gasteiger charge is -2.11. The number of ether oxygens (including phenoxy) is 2. The summed E-state index contributed by atoms with van der Waals surface area (Å²) in [6, 6.07) is 16.5. The molecule has 0 atom stereocenters. The molecule has 0 N–H and O–H groups in total. The fourth-order valence-corrected chi connectivity index (χ4v) is 3.94. The number of nitro groups is 1. The first-order valence-electron chi connectivity index (χ1n) is 9.25. The summed E-state index contributed by atoms with van der Waals surface area (Å²) in [4.78, 5) is 22.4. The van der Waals surface area contributed by atoms with E-state index in [0.717, 1.165) is 0 Å². The minimum atomic E-state index is -3.75. The normalized spacial score (nSPS) is 11.2. The number of hydrogen-bond donors (Lipinski definition) is 0. The van der Waals surface area contributed by atoms with Crippen LogP contribution in [0.2, 0.25) is 0 Å². The van der Waals surface area contributed by atoms with Crippen LogP contribution in [0.1, 0.15) is 24.2 Å². The fourth-order valence-electron chi connectivity index (χ4n) is 2.68. The molecular formula is C22H19NO7S. The smallest absolute Gasteiger partial charge is 0.343 e. The lowest BCUT2D eigenvalue weighted by molar-refractivity contribution is -0.384. The van der Waals surface area contributed by atoms with Crippen LogP contribution in [0.5, 0.6) is 11.5 Å². The number of nitrogens with zero attached hydrogens (tertiary/aromatic N) is 1. The Hall–Kier alpha value is -3.72. The number of hydrogen-bond acceptors (Lipinski definition) is 7. The van der Waals surface area contributed by atoms with Gasteiger partial charge in [0.15, 0.2) is 0 Å². The van der Waals surface area contributed by atoms with E-state index in [9.17, 15) is 23.3 Å². The average Bonchev–Trinajstić information content (AvgIpc) is 2.74. The summed E-state index contributed by atoms with van der Waals surface area (Å²) in [7, 11) is -3.75. The monoisotopic (exact) mass is 441 g/mol. The van der Waals surface area contributed by atoms with Gasteiger partial charge in [0.2, 0.25) is 9.84 Å². The summed E-state index contributed by atoms with van der Waals surface area (Å²) in [5, 5.41) is 10.7. The van der Waals surface area contributed by atoms with Crippen LogP contribution in [0.15, 0.2) is 82.6 Å². The maximum absolute atomic E-state index is 12.8. The Bertz CT molecular complexity index is 1180. The minimum absolute atomic E-state index is 0.0243. The molecule has 0 aliphatic carbocycles. The Morgan fingerprint density at radius 3 is 1.77 bits per heavy atom. The highest BCUT2D eigenvalue weighted by Gasteiger charge is 2.18. The molecular weight excluding hydrogens is 422 g/mol. The number of nitro benzene ring substituents is 1. The minimum Gasteiger partial charge on any atom is -0.491 e. The molecule has 0 aliphatic heterocycles. The molecule has 3 rings (SSSR count). The van der Waals surface area contributed by atoms with Gasteiger partial charge in [-0.15, -0.1) is 0 Å². The fraction of sp³-hybridized carbons (Fsp3) is 0.136. The van der Waals surface area contributed by atoms with Gasteiger partial charge in [-0.1, -0.05) is 0 Å². The predicted molar refractivity (Wildman–Crippen MR) is 112 cm³/mol. The van der Waals surface area contributed by atoms with Crippen molar-refractivity contribution in [3.05, 3.63) is 88.5 Å². The molecule has 160 valence electrons. The van der Waals surface area contributed by atoms with Crippen molar-refractivity contribution in [2.24, 2.45) is 0 Å². The molecule has 31 heavy (non-hydrogen) atoms. The first kappa shape index (κ1) is 22.0. The molecule has 9 heteroatoms. The van der Waals surface area contributed by atoms with E-state index < -0.39 is 20.7 Å². The molecule has 3 aromatic rings. The molecule has 0 heterocycles. The van der Waals surface area contributed by atoms with Gasteiger partial charge < -0.3 is 9.47 Å². The topological polar surface area (TPSA) is 113 Å². The van der Waals surface area contributed by atoms with Crippen LogP contribution in [0.25, 0.3) is 0 Å². The molecule has 0 spiro atoms. The Morgan fingerprint density at radius 2 is 1.32 bits per heavy atom. The maximum atomic E-state index is 12.8. The third-order valence-electron chi connectivity index (χ3n) is 4.16. The number of rotatable bonds is 7. The van der Waals surface area contributed by atoms with Crippen LogP contribution in [0.3, 0.4) is 0 Å². The predicted octanol–water partition coefficient (Wildman–Crippen LogP) is 4.43. The van der Waals surface area contributed by atoms with Crippen molar-refractivity contribution in [2.45, 2.75) is 29.7 Å². The van der Waals surface area contributed by atoms with Crippen LogP contribution >= 0.6 is 0 Å². The first-order valence-corrected chi connectivity index (χ1v) is 10.7. The number of carbonyl (C=O) groups excluding carboxylic acids is 1.